The van der Waals surface area contributed by atoms with Crippen LogP contribution >= 0.6 is 0 Å². The summed E-state index contributed by atoms with van der Waals surface area (Å²) in [6.07, 6.45) is 10.2. The summed E-state index contributed by atoms with van der Waals surface area (Å²) < 4.78 is 0. The standard InChI is InChI=1S/C18H24.2C2H6/c1-18-11-4-7-17(18)16-9-8-13-5-2-3-6-14(13)15(16)10-12-18;2*1-2/h2-3,5-6,15-17H,4,7-12H2,1H3;2*1-2H3/t15-,16-,17+,18+;;/m1../s1. The summed E-state index contributed by atoms with van der Waals surface area (Å²) in [5.74, 6) is 2.93. The van der Waals surface area contributed by atoms with Gasteiger partial charge in [0.15, 0.2) is 0 Å². The van der Waals surface area contributed by atoms with Crippen LogP contribution in [0.3, 0.4) is 0 Å². The van der Waals surface area contributed by atoms with E-state index in [1.54, 1.807) is 11.1 Å². The van der Waals surface area contributed by atoms with Crippen LogP contribution in [0.4, 0.5) is 0 Å². The maximum absolute atomic E-state index is 2.58. The molecule has 0 bridgehead atoms. The highest BCUT2D eigenvalue weighted by atomic mass is 14.5. The number of aryl methyl sites for hydroxylation is 1. The van der Waals surface area contributed by atoms with Gasteiger partial charge in [0.1, 0.15) is 0 Å². The lowest BCUT2D eigenvalue weighted by Gasteiger charge is -2.49. The summed E-state index contributed by atoms with van der Waals surface area (Å²) in [5.41, 5.74) is 4.07. The number of fused-ring (bicyclic) bond motifs is 5. The molecule has 0 nitrogen and oxygen atoms in total. The molecule has 0 N–H and O–H groups in total. The number of hydrogen-bond acceptors (Lipinski definition) is 0. The second kappa shape index (κ2) is 7.66. The van der Waals surface area contributed by atoms with Crippen LogP contribution in [-0.4, -0.2) is 0 Å². The molecule has 0 heteroatoms. The van der Waals surface area contributed by atoms with E-state index < -0.39 is 0 Å². The maximum Gasteiger partial charge on any atom is -0.0128 e. The fourth-order valence-corrected chi connectivity index (χ4v) is 5.51. The molecule has 0 radical (unpaired) electrons. The van der Waals surface area contributed by atoms with Crippen LogP contribution in [0.1, 0.15) is 90.2 Å². The van der Waals surface area contributed by atoms with Gasteiger partial charge < -0.3 is 0 Å². The Balaban J connectivity index is 0.000000410. The van der Waals surface area contributed by atoms with Crippen molar-refractivity contribution in [2.24, 2.45) is 17.3 Å². The van der Waals surface area contributed by atoms with Gasteiger partial charge in [-0.3, -0.25) is 0 Å². The highest BCUT2D eigenvalue weighted by Crippen LogP contribution is 2.60. The Morgan fingerprint density at radius 1 is 0.909 bits per heavy atom. The Morgan fingerprint density at radius 3 is 2.41 bits per heavy atom. The van der Waals surface area contributed by atoms with Crippen LogP contribution in [-0.2, 0) is 6.42 Å². The quantitative estimate of drug-likeness (QED) is 0.484. The van der Waals surface area contributed by atoms with E-state index >= 15 is 0 Å². The smallest absolute Gasteiger partial charge is 0.0128 e. The second-order valence-electron chi connectivity index (χ2n) is 7.20. The molecular weight excluding hydrogens is 264 g/mol. The molecule has 2 saturated carbocycles. The van der Waals surface area contributed by atoms with Crippen LogP contribution in [0.5, 0.6) is 0 Å². The van der Waals surface area contributed by atoms with Crippen LogP contribution < -0.4 is 0 Å². The van der Waals surface area contributed by atoms with E-state index in [0.717, 1.165) is 17.8 Å². The third kappa shape index (κ3) is 2.99. The van der Waals surface area contributed by atoms with Gasteiger partial charge in [0.2, 0.25) is 0 Å². The molecule has 2 fully saturated rings. The molecule has 4 rings (SSSR count). The summed E-state index contributed by atoms with van der Waals surface area (Å²) in [7, 11) is 0. The predicted molar refractivity (Wildman–Crippen MR) is 98.4 cm³/mol. The molecule has 0 unspecified atom stereocenters. The Morgan fingerprint density at radius 2 is 1.64 bits per heavy atom. The zero-order valence-electron chi connectivity index (χ0n) is 15.5. The fourth-order valence-electron chi connectivity index (χ4n) is 5.51. The molecule has 0 aromatic heterocycles. The molecule has 3 aliphatic carbocycles. The van der Waals surface area contributed by atoms with E-state index in [0.29, 0.717) is 5.41 Å². The van der Waals surface area contributed by atoms with E-state index in [2.05, 4.69) is 31.2 Å². The largest absolute Gasteiger partial charge is 0.0683 e. The average Bonchev–Trinajstić information content (AvgIpc) is 3.00. The van der Waals surface area contributed by atoms with Gasteiger partial charge in [-0.2, -0.15) is 0 Å². The van der Waals surface area contributed by atoms with Crippen LogP contribution in [0.2, 0.25) is 0 Å². The van der Waals surface area contributed by atoms with E-state index in [4.69, 9.17) is 0 Å². The monoisotopic (exact) mass is 300 g/mol. The van der Waals surface area contributed by atoms with Crippen molar-refractivity contribution >= 4 is 0 Å². The van der Waals surface area contributed by atoms with Gasteiger partial charge in [0.05, 0.1) is 0 Å². The highest BCUT2D eigenvalue weighted by molar-refractivity contribution is 5.34. The van der Waals surface area contributed by atoms with Gasteiger partial charge in [0.25, 0.3) is 0 Å². The minimum absolute atomic E-state index is 0.702. The normalized spacial score (nSPS) is 34.9. The van der Waals surface area contributed by atoms with Crippen molar-refractivity contribution in [1.29, 1.82) is 0 Å². The summed E-state index contributed by atoms with van der Waals surface area (Å²) in [6, 6.07) is 9.27. The Hall–Kier alpha value is -0.780. The lowest BCUT2D eigenvalue weighted by Crippen LogP contribution is -2.39. The van der Waals surface area contributed by atoms with Gasteiger partial charge >= 0.3 is 0 Å². The molecule has 0 spiro atoms. The van der Waals surface area contributed by atoms with Crippen molar-refractivity contribution < 1.29 is 0 Å². The van der Waals surface area contributed by atoms with E-state index in [9.17, 15) is 0 Å². The topological polar surface area (TPSA) is 0 Å². The molecule has 22 heavy (non-hydrogen) atoms. The predicted octanol–water partition coefficient (Wildman–Crippen LogP) is 6.99. The zero-order chi connectivity index (χ0) is 16.2. The third-order valence-corrected chi connectivity index (χ3v) is 6.42. The van der Waals surface area contributed by atoms with Crippen molar-refractivity contribution in [3.8, 4) is 0 Å². The van der Waals surface area contributed by atoms with Gasteiger partial charge in [-0.25, -0.2) is 0 Å². The summed E-state index contributed by atoms with van der Waals surface area (Å²) in [5, 5.41) is 0. The lowest BCUT2D eigenvalue weighted by molar-refractivity contribution is 0.0598. The Labute approximate surface area is 138 Å². The first-order chi connectivity index (χ1) is 10.8. The van der Waals surface area contributed by atoms with Gasteiger partial charge in [-0.1, -0.05) is 65.3 Å². The number of rotatable bonds is 0. The zero-order valence-corrected chi connectivity index (χ0v) is 15.5. The van der Waals surface area contributed by atoms with Crippen molar-refractivity contribution in [2.45, 2.75) is 85.5 Å². The van der Waals surface area contributed by atoms with Crippen molar-refractivity contribution in [3.05, 3.63) is 35.4 Å². The minimum atomic E-state index is 0.702. The number of benzene rings is 1. The Bertz CT molecular complexity index is 461. The SMILES string of the molecule is CC.CC.C[C@@]12CCC[C@H]1[C@@H]1CCc3ccccc3[C@H]1CC2. The first-order valence-electron chi connectivity index (χ1n) is 9.86. The fraction of sp³-hybridized carbons (Fsp3) is 0.727. The molecule has 1 aromatic rings. The summed E-state index contributed by atoms with van der Waals surface area (Å²) in [6.45, 7) is 10.6. The van der Waals surface area contributed by atoms with Crippen molar-refractivity contribution in [2.75, 3.05) is 0 Å². The van der Waals surface area contributed by atoms with Gasteiger partial charge in [0, 0.05) is 0 Å². The highest BCUT2D eigenvalue weighted by Gasteiger charge is 2.49. The molecule has 0 amide bonds. The minimum Gasteiger partial charge on any atom is -0.0683 e. The van der Waals surface area contributed by atoms with Gasteiger partial charge in [-0.15, -0.1) is 0 Å². The molecule has 0 aliphatic heterocycles. The molecule has 0 saturated heterocycles. The first-order valence-corrected chi connectivity index (χ1v) is 9.86. The maximum atomic E-state index is 2.58. The molecule has 3 aliphatic rings. The van der Waals surface area contributed by atoms with Crippen LogP contribution in [0.15, 0.2) is 24.3 Å². The molecule has 124 valence electrons. The average molecular weight is 301 g/mol. The Kier molecular flexibility index (Phi) is 6.12. The van der Waals surface area contributed by atoms with Gasteiger partial charge in [-0.05, 0) is 72.8 Å². The first kappa shape index (κ1) is 17.6. The summed E-state index contributed by atoms with van der Waals surface area (Å²) >= 11 is 0. The lowest BCUT2D eigenvalue weighted by atomic mass is 9.56. The van der Waals surface area contributed by atoms with E-state index in [-0.39, 0.29) is 0 Å². The molecular formula is C22H36. The van der Waals surface area contributed by atoms with Crippen molar-refractivity contribution in [3.63, 3.8) is 0 Å². The van der Waals surface area contributed by atoms with E-state index in [1.165, 1.54) is 44.9 Å². The van der Waals surface area contributed by atoms with Crippen molar-refractivity contribution in [1.82, 2.24) is 0 Å². The third-order valence-electron chi connectivity index (χ3n) is 6.42. The van der Waals surface area contributed by atoms with E-state index in [1.807, 2.05) is 27.7 Å². The summed E-state index contributed by atoms with van der Waals surface area (Å²) in [4.78, 5) is 0. The second-order valence-corrected chi connectivity index (χ2v) is 7.20. The number of hydrogen-bond donors (Lipinski definition) is 0. The van der Waals surface area contributed by atoms with Crippen LogP contribution in [0, 0.1) is 17.3 Å². The molecule has 1 aromatic carbocycles. The molecule has 4 atom stereocenters. The van der Waals surface area contributed by atoms with Crippen LogP contribution in [0.25, 0.3) is 0 Å². The molecule has 0 heterocycles.